The fourth-order valence-corrected chi connectivity index (χ4v) is 3.87. The predicted octanol–water partition coefficient (Wildman–Crippen LogP) is 2.93. The van der Waals surface area contributed by atoms with Gasteiger partial charge in [0.2, 0.25) is 5.91 Å². The van der Waals surface area contributed by atoms with Crippen LogP contribution in [0.2, 0.25) is 0 Å². The van der Waals surface area contributed by atoms with Crippen molar-refractivity contribution < 1.29 is 4.79 Å². The summed E-state index contributed by atoms with van der Waals surface area (Å²) >= 11 is 0. The Bertz CT molecular complexity index is 305. The zero-order valence-corrected chi connectivity index (χ0v) is 12.6. The van der Waals surface area contributed by atoms with E-state index in [0.717, 1.165) is 25.2 Å². The van der Waals surface area contributed by atoms with Gasteiger partial charge in [-0.3, -0.25) is 4.79 Å². The van der Waals surface area contributed by atoms with E-state index >= 15 is 0 Å². The highest BCUT2D eigenvalue weighted by Crippen LogP contribution is 2.29. The van der Waals surface area contributed by atoms with E-state index in [2.05, 4.69) is 6.92 Å². The maximum atomic E-state index is 12.4. The number of nitrogens with two attached hydrogens (primary N) is 1. The second kappa shape index (κ2) is 6.74. The lowest BCUT2D eigenvalue weighted by Crippen LogP contribution is -2.41. The van der Waals surface area contributed by atoms with Crippen molar-refractivity contribution in [3.63, 3.8) is 0 Å². The standard InChI is InChI=1S/C16H30N2O/c1-12-5-3-8-15(9-12)18(2)16(19)11-13-6-4-7-14(17)10-13/h12-15H,3-11,17H2,1-2H3. The fraction of sp³-hybridized carbons (Fsp3) is 0.938. The van der Waals surface area contributed by atoms with Crippen LogP contribution < -0.4 is 5.73 Å². The summed E-state index contributed by atoms with van der Waals surface area (Å²) in [4.78, 5) is 14.4. The van der Waals surface area contributed by atoms with Gasteiger partial charge in [-0.15, -0.1) is 0 Å². The molecule has 0 aromatic rings. The van der Waals surface area contributed by atoms with Crippen molar-refractivity contribution in [1.82, 2.24) is 4.90 Å². The number of rotatable bonds is 3. The van der Waals surface area contributed by atoms with E-state index in [1.54, 1.807) is 0 Å². The molecule has 0 aliphatic heterocycles. The summed E-state index contributed by atoms with van der Waals surface area (Å²) in [5.41, 5.74) is 6.01. The van der Waals surface area contributed by atoms with Crippen molar-refractivity contribution in [2.24, 2.45) is 17.6 Å². The number of hydrogen-bond donors (Lipinski definition) is 1. The molecule has 0 spiro atoms. The Kier molecular flexibility index (Phi) is 5.26. The van der Waals surface area contributed by atoms with Gasteiger partial charge in [0.25, 0.3) is 0 Å². The van der Waals surface area contributed by atoms with Crippen molar-refractivity contribution in [2.75, 3.05) is 7.05 Å². The van der Waals surface area contributed by atoms with Gasteiger partial charge in [-0.05, 0) is 43.9 Å². The van der Waals surface area contributed by atoms with Crippen molar-refractivity contribution >= 4 is 5.91 Å². The molecule has 2 saturated carbocycles. The largest absolute Gasteiger partial charge is 0.343 e. The van der Waals surface area contributed by atoms with Crippen LogP contribution in [0.25, 0.3) is 0 Å². The lowest BCUT2D eigenvalue weighted by atomic mass is 9.83. The summed E-state index contributed by atoms with van der Waals surface area (Å²) in [6.07, 6.45) is 10.3. The van der Waals surface area contributed by atoms with E-state index in [1.165, 1.54) is 38.5 Å². The molecular weight excluding hydrogens is 236 g/mol. The van der Waals surface area contributed by atoms with Gasteiger partial charge in [0.15, 0.2) is 0 Å². The average Bonchev–Trinajstić information content (AvgIpc) is 2.38. The molecule has 2 aliphatic carbocycles. The smallest absolute Gasteiger partial charge is 0.222 e. The van der Waals surface area contributed by atoms with Crippen LogP contribution in [0, 0.1) is 11.8 Å². The van der Waals surface area contributed by atoms with Crippen molar-refractivity contribution in [3.05, 3.63) is 0 Å². The molecule has 3 heteroatoms. The molecular formula is C16H30N2O. The Labute approximate surface area is 117 Å². The summed E-state index contributed by atoms with van der Waals surface area (Å²) in [7, 11) is 2.01. The highest BCUT2D eigenvalue weighted by molar-refractivity contribution is 5.76. The maximum Gasteiger partial charge on any atom is 0.222 e. The van der Waals surface area contributed by atoms with Crippen LogP contribution in [0.4, 0.5) is 0 Å². The summed E-state index contributed by atoms with van der Waals surface area (Å²) in [6.45, 7) is 2.31. The Morgan fingerprint density at radius 2 is 1.89 bits per heavy atom. The SMILES string of the molecule is CC1CCCC(N(C)C(=O)CC2CCCC(N)C2)C1. The highest BCUT2D eigenvalue weighted by Gasteiger charge is 2.28. The van der Waals surface area contributed by atoms with Gasteiger partial charge < -0.3 is 10.6 Å². The van der Waals surface area contributed by atoms with E-state index in [4.69, 9.17) is 5.73 Å². The van der Waals surface area contributed by atoms with Crippen LogP contribution in [0.3, 0.4) is 0 Å². The maximum absolute atomic E-state index is 12.4. The third kappa shape index (κ3) is 4.20. The van der Waals surface area contributed by atoms with Crippen LogP contribution in [0.5, 0.6) is 0 Å². The number of hydrogen-bond acceptors (Lipinski definition) is 2. The van der Waals surface area contributed by atoms with Gasteiger partial charge in [-0.2, -0.15) is 0 Å². The highest BCUT2D eigenvalue weighted by atomic mass is 16.2. The first kappa shape index (κ1) is 14.8. The molecule has 0 bridgehead atoms. The average molecular weight is 266 g/mol. The predicted molar refractivity (Wildman–Crippen MR) is 78.7 cm³/mol. The molecule has 0 saturated heterocycles. The topological polar surface area (TPSA) is 46.3 Å². The second-order valence-electron chi connectivity index (χ2n) is 6.93. The van der Waals surface area contributed by atoms with E-state index in [1.807, 2.05) is 11.9 Å². The molecule has 0 aromatic carbocycles. The molecule has 19 heavy (non-hydrogen) atoms. The van der Waals surface area contributed by atoms with E-state index in [9.17, 15) is 4.79 Å². The molecule has 4 atom stereocenters. The quantitative estimate of drug-likeness (QED) is 0.853. The third-order valence-corrected chi connectivity index (χ3v) is 5.14. The minimum absolute atomic E-state index is 0.326. The summed E-state index contributed by atoms with van der Waals surface area (Å²) < 4.78 is 0. The van der Waals surface area contributed by atoms with E-state index in [-0.39, 0.29) is 0 Å². The van der Waals surface area contributed by atoms with Crippen LogP contribution in [-0.2, 0) is 4.79 Å². The van der Waals surface area contributed by atoms with Crippen molar-refractivity contribution in [2.45, 2.75) is 76.8 Å². The monoisotopic (exact) mass is 266 g/mol. The zero-order chi connectivity index (χ0) is 13.8. The van der Waals surface area contributed by atoms with Crippen LogP contribution in [0.15, 0.2) is 0 Å². The van der Waals surface area contributed by atoms with Gasteiger partial charge in [-0.1, -0.05) is 26.2 Å². The molecule has 1 amide bonds. The minimum atomic E-state index is 0.326. The normalized spacial score (nSPS) is 35.9. The van der Waals surface area contributed by atoms with E-state index in [0.29, 0.717) is 23.9 Å². The molecule has 3 nitrogen and oxygen atoms in total. The summed E-state index contributed by atoms with van der Waals surface area (Å²) in [5.74, 6) is 1.65. The third-order valence-electron chi connectivity index (χ3n) is 5.14. The Morgan fingerprint density at radius 1 is 1.16 bits per heavy atom. The lowest BCUT2D eigenvalue weighted by Gasteiger charge is -2.35. The molecule has 4 unspecified atom stereocenters. The molecule has 110 valence electrons. The van der Waals surface area contributed by atoms with Crippen LogP contribution in [0.1, 0.15) is 64.7 Å². The molecule has 2 fully saturated rings. The molecule has 0 radical (unpaired) electrons. The molecule has 2 N–H and O–H groups in total. The summed E-state index contributed by atoms with van der Waals surface area (Å²) in [6, 6.07) is 0.806. The van der Waals surface area contributed by atoms with Gasteiger partial charge in [-0.25, -0.2) is 0 Å². The second-order valence-corrected chi connectivity index (χ2v) is 6.93. The molecule has 2 aliphatic rings. The molecule has 0 heterocycles. The molecule has 0 aromatic heterocycles. The Hall–Kier alpha value is -0.570. The van der Waals surface area contributed by atoms with Crippen LogP contribution >= 0.6 is 0 Å². The van der Waals surface area contributed by atoms with Crippen molar-refractivity contribution in [1.29, 1.82) is 0 Å². The number of carbonyl (C=O) groups excluding carboxylic acids is 1. The Morgan fingerprint density at radius 3 is 2.58 bits per heavy atom. The lowest BCUT2D eigenvalue weighted by molar-refractivity contribution is -0.134. The summed E-state index contributed by atoms with van der Waals surface area (Å²) in [5, 5.41) is 0. The zero-order valence-electron chi connectivity index (χ0n) is 12.6. The van der Waals surface area contributed by atoms with Gasteiger partial charge in [0.05, 0.1) is 0 Å². The minimum Gasteiger partial charge on any atom is -0.343 e. The number of carbonyl (C=O) groups is 1. The first-order valence-electron chi connectivity index (χ1n) is 8.07. The first-order valence-corrected chi connectivity index (χ1v) is 8.07. The fourth-order valence-electron chi connectivity index (χ4n) is 3.87. The van der Waals surface area contributed by atoms with Crippen molar-refractivity contribution in [3.8, 4) is 0 Å². The number of nitrogens with zero attached hydrogens (tertiary/aromatic N) is 1. The first-order chi connectivity index (χ1) is 9.06. The number of amides is 1. The van der Waals surface area contributed by atoms with Gasteiger partial charge in [0, 0.05) is 25.6 Å². The molecule has 2 rings (SSSR count). The van der Waals surface area contributed by atoms with Gasteiger partial charge >= 0.3 is 0 Å². The van der Waals surface area contributed by atoms with Gasteiger partial charge in [0.1, 0.15) is 0 Å². The Balaban J connectivity index is 1.81. The van der Waals surface area contributed by atoms with Crippen LogP contribution in [-0.4, -0.2) is 29.9 Å². The van der Waals surface area contributed by atoms with E-state index < -0.39 is 0 Å².